The summed E-state index contributed by atoms with van der Waals surface area (Å²) in [7, 11) is 0. The molecule has 10 heteroatoms. The Bertz CT molecular complexity index is 1640. The number of rotatable bonds is 6. The highest BCUT2D eigenvalue weighted by atomic mass is 19.1. The normalized spacial score (nSPS) is 23.9. The van der Waals surface area contributed by atoms with Crippen LogP contribution >= 0.6 is 0 Å². The third-order valence-electron chi connectivity index (χ3n) is 8.14. The van der Waals surface area contributed by atoms with Crippen molar-refractivity contribution in [2.45, 2.75) is 31.3 Å². The number of hydrogen-bond donors (Lipinski definition) is 3. The van der Waals surface area contributed by atoms with Crippen molar-refractivity contribution in [1.29, 1.82) is 0 Å². The number of aromatic nitrogens is 2. The van der Waals surface area contributed by atoms with Gasteiger partial charge in [-0.25, -0.2) is 8.78 Å². The Morgan fingerprint density at radius 2 is 1.85 bits per heavy atom. The van der Waals surface area contributed by atoms with Crippen LogP contribution in [0.1, 0.15) is 19.3 Å². The first kappa shape index (κ1) is 24.0. The molecule has 8 nitrogen and oxygen atoms in total. The van der Waals surface area contributed by atoms with Crippen molar-refractivity contribution in [2.75, 3.05) is 24.6 Å². The number of carboxylic acids is 1. The van der Waals surface area contributed by atoms with Gasteiger partial charge in [-0.2, -0.15) is 9.97 Å². The minimum atomic E-state index is -0.873. The Morgan fingerprint density at radius 1 is 1.08 bits per heavy atom. The summed E-state index contributed by atoms with van der Waals surface area (Å²) >= 11 is 0. The van der Waals surface area contributed by atoms with Gasteiger partial charge >= 0.3 is 12.0 Å². The monoisotopic (exact) mass is 532 g/mol. The highest BCUT2D eigenvalue weighted by molar-refractivity contribution is 6.01. The summed E-state index contributed by atoms with van der Waals surface area (Å²) in [6, 6.07) is 11.7. The van der Waals surface area contributed by atoms with Gasteiger partial charge in [0.15, 0.2) is 5.82 Å². The Morgan fingerprint density at radius 3 is 2.59 bits per heavy atom. The maximum absolute atomic E-state index is 16.4. The van der Waals surface area contributed by atoms with E-state index >= 15 is 8.78 Å². The summed E-state index contributed by atoms with van der Waals surface area (Å²) in [6.07, 6.45) is 2.54. The summed E-state index contributed by atoms with van der Waals surface area (Å²) in [5, 5.41) is 24.6. The van der Waals surface area contributed by atoms with E-state index in [-0.39, 0.29) is 58.4 Å². The second kappa shape index (κ2) is 9.01. The van der Waals surface area contributed by atoms with Crippen LogP contribution < -0.4 is 15.0 Å². The maximum Gasteiger partial charge on any atom is 0.319 e. The van der Waals surface area contributed by atoms with E-state index in [0.717, 1.165) is 12.8 Å². The predicted octanol–water partition coefficient (Wildman–Crippen LogP) is 4.47. The molecule has 0 spiro atoms. The van der Waals surface area contributed by atoms with Gasteiger partial charge in [0.1, 0.15) is 22.9 Å². The number of halogens is 2. The number of aromatic hydroxyl groups is 1. The molecule has 7 rings (SSSR count). The molecule has 39 heavy (non-hydrogen) atoms. The van der Waals surface area contributed by atoms with E-state index in [1.807, 2.05) is 4.90 Å². The lowest BCUT2D eigenvalue weighted by molar-refractivity contribution is -0.138. The fraction of sp³-hybridized carbons (Fsp3) is 0.345. The van der Waals surface area contributed by atoms with Crippen LogP contribution in [0.15, 0.2) is 42.5 Å². The van der Waals surface area contributed by atoms with Gasteiger partial charge in [-0.15, -0.1) is 0 Å². The molecule has 4 atom stereocenters. The van der Waals surface area contributed by atoms with Crippen molar-refractivity contribution in [1.82, 2.24) is 15.3 Å². The van der Waals surface area contributed by atoms with Crippen LogP contribution in [0.3, 0.4) is 0 Å². The van der Waals surface area contributed by atoms with Crippen LogP contribution in [0.2, 0.25) is 0 Å². The van der Waals surface area contributed by atoms with Gasteiger partial charge < -0.3 is 25.2 Å². The number of nitrogens with one attached hydrogen (secondary N) is 1. The Balaban J connectivity index is 1.38. The number of carboxylic acid groups (broad SMARTS) is 1. The lowest BCUT2D eigenvalue weighted by Gasteiger charge is -2.34. The van der Waals surface area contributed by atoms with E-state index in [1.165, 1.54) is 12.1 Å². The van der Waals surface area contributed by atoms with E-state index in [0.29, 0.717) is 36.1 Å². The van der Waals surface area contributed by atoms with Gasteiger partial charge in [0.25, 0.3) is 0 Å². The Kier molecular flexibility index (Phi) is 5.55. The first-order valence-corrected chi connectivity index (χ1v) is 13.1. The van der Waals surface area contributed by atoms with Crippen molar-refractivity contribution in [2.24, 2.45) is 11.8 Å². The molecule has 3 fully saturated rings. The average molecular weight is 533 g/mol. The number of hydrogen-bond acceptors (Lipinski definition) is 7. The van der Waals surface area contributed by atoms with E-state index < -0.39 is 23.5 Å². The molecule has 1 saturated carbocycles. The van der Waals surface area contributed by atoms with Crippen LogP contribution in [0.4, 0.5) is 14.6 Å². The molecular weight excluding hydrogens is 506 g/mol. The fourth-order valence-corrected chi connectivity index (χ4v) is 6.10. The first-order chi connectivity index (χ1) is 18.9. The standard InChI is InChI=1S/C29H26F2N4O4/c30-23-10-22-26(25(31)24(23)21-9-18(36)7-14-3-1-2-4-19(14)21)33-29(39-13-15-8-20(15)28(37)38)34-27(22)35-11-16-5-6-17(12-35)32-16/h1-4,7,9-10,15-17,20,32,36H,5-6,8,11-13H2,(H,37,38). The molecule has 2 aliphatic heterocycles. The zero-order valence-corrected chi connectivity index (χ0v) is 20.9. The van der Waals surface area contributed by atoms with Crippen molar-refractivity contribution in [3.05, 3.63) is 54.1 Å². The van der Waals surface area contributed by atoms with Gasteiger partial charge in [-0.05, 0) is 53.8 Å². The number of carbonyl (C=O) groups is 1. The number of phenolic OH excluding ortho intramolecular Hbond substituents is 1. The minimum absolute atomic E-state index is 0.0726. The van der Waals surface area contributed by atoms with Crippen LogP contribution in [0, 0.1) is 23.5 Å². The van der Waals surface area contributed by atoms with Gasteiger partial charge in [0, 0.05) is 36.5 Å². The largest absolute Gasteiger partial charge is 0.508 e. The lowest BCUT2D eigenvalue weighted by Crippen LogP contribution is -2.51. The number of ether oxygens (including phenoxy) is 1. The first-order valence-electron chi connectivity index (χ1n) is 13.1. The summed E-state index contributed by atoms with van der Waals surface area (Å²) in [5.74, 6) is -2.87. The van der Waals surface area contributed by atoms with Gasteiger partial charge in [-0.1, -0.05) is 24.3 Å². The maximum atomic E-state index is 16.4. The summed E-state index contributed by atoms with van der Waals surface area (Å²) in [5.41, 5.74) is -0.165. The van der Waals surface area contributed by atoms with E-state index in [1.54, 1.807) is 30.3 Å². The topological polar surface area (TPSA) is 108 Å². The highest BCUT2D eigenvalue weighted by Gasteiger charge is 2.44. The van der Waals surface area contributed by atoms with Crippen LogP contribution in [0.5, 0.6) is 11.8 Å². The second-order valence-electron chi connectivity index (χ2n) is 10.8. The third kappa shape index (κ3) is 4.19. The van der Waals surface area contributed by atoms with Gasteiger partial charge in [0.05, 0.1) is 18.1 Å². The third-order valence-corrected chi connectivity index (χ3v) is 8.14. The van der Waals surface area contributed by atoms with Crippen molar-refractivity contribution >= 4 is 33.5 Å². The zero-order chi connectivity index (χ0) is 26.8. The van der Waals surface area contributed by atoms with E-state index in [4.69, 9.17) is 4.74 Å². The Hall–Kier alpha value is -4.05. The average Bonchev–Trinajstić information content (AvgIpc) is 3.63. The molecule has 3 aromatic carbocycles. The number of fused-ring (bicyclic) bond motifs is 4. The van der Waals surface area contributed by atoms with Crippen molar-refractivity contribution < 1.29 is 28.5 Å². The quantitative estimate of drug-likeness (QED) is 0.334. The van der Waals surface area contributed by atoms with Crippen LogP contribution in [-0.2, 0) is 4.79 Å². The fourth-order valence-electron chi connectivity index (χ4n) is 6.10. The molecule has 1 aliphatic carbocycles. The van der Waals surface area contributed by atoms with E-state index in [9.17, 15) is 15.0 Å². The zero-order valence-electron chi connectivity index (χ0n) is 20.9. The minimum Gasteiger partial charge on any atom is -0.508 e. The number of anilines is 1. The molecule has 4 unspecified atom stereocenters. The van der Waals surface area contributed by atoms with Gasteiger partial charge in [0.2, 0.25) is 0 Å². The molecule has 3 heterocycles. The molecule has 2 saturated heterocycles. The molecule has 1 aromatic heterocycles. The number of phenols is 1. The van der Waals surface area contributed by atoms with E-state index in [2.05, 4.69) is 15.3 Å². The number of aliphatic carboxylic acids is 1. The van der Waals surface area contributed by atoms with Gasteiger partial charge in [-0.3, -0.25) is 4.79 Å². The SMILES string of the molecule is O=C(O)C1CC1COc1nc(N2CC3CCC(C2)N3)c2cc(F)c(-c3cc(O)cc4ccccc34)c(F)c2n1. The Labute approximate surface area is 222 Å². The van der Waals surface area contributed by atoms with Crippen molar-refractivity contribution in [3.63, 3.8) is 0 Å². The molecule has 0 radical (unpaired) electrons. The molecule has 3 N–H and O–H groups in total. The number of benzene rings is 3. The molecule has 3 aliphatic rings. The highest BCUT2D eigenvalue weighted by Crippen LogP contribution is 2.42. The summed E-state index contributed by atoms with van der Waals surface area (Å²) < 4.78 is 38.0. The van der Waals surface area contributed by atoms with Crippen LogP contribution in [0.25, 0.3) is 32.8 Å². The molecule has 4 aromatic rings. The summed E-state index contributed by atoms with van der Waals surface area (Å²) in [4.78, 5) is 22.2. The molecule has 2 bridgehead atoms. The smallest absolute Gasteiger partial charge is 0.319 e. The second-order valence-corrected chi connectivity index (χ2v) is 10.8. The number of nitrogens with zero attached hydrogens (tertiary/aromatic N) is 3. The van der Waals surface area contributed by atoms with Crippen molar-refractivity contribution in [3.8, 4) is 22.9 Å². The predicted molar refractivity (Wildman–Crippen MR) is 141 cm³/mol. The molecule has 0 amide bonds. The molecular formula is C29H26F2N4O4. The summed E-state index contributed by atoms with van der Waals surface area (Å²) in [6.45, 7) is 1.36. The number of piperazine rings is 1. The molecule has 200 valence electrons. The van der Waals surface area contributed by atoms with Crippen LogP contribution in [-0.4, -0.2) is 57.9 Å². The lowest BCUT2D eigenvalue weighted by atomic mass is 9.95.